The highest BCUT2D eigenvalue weighted by molar-refractivity contribution is 5.32. The van der Waals surface area contributed by atoms with Crippen molar-refractivity contribution < 1.29 is 4.74 Å². The molecule has 0 amide bonds. The van der Waals surface area contributed by atoms with Gasteiger partial charge in [-0.05, 0) is 24.1 Å². The molecule has 0 bridgehead atoms. The van der Waals surface area contributed by atoms with Gasteiger partial charge in [0, 0.05) is 19.7 Å². The maximum absolute atomic E-state index is 8.82. The second-order valence-corrected chi connectivity index (χ2v) is 4.13. The van der Waals surface area contributed by atoms with Gasteiger partial charge in [0.1, 0.15) is 0 Å². The zero-order valence-corrected chi connectivity index (χ0v) is 10.6. The van der Waals surface area contributed by atoms with Crippen LogP contribution in [0.1, 0.15) is 30.9 Å². The van der Waals surface area contributed by atoms with E-state index in [4.69, 9.17) is 10.00 Å². The van der Waals surface area contributed by atoms with E-state index in [0.717, 1.165) is 31.6 Å². The van der Waals surface area contributed by atoms with Crippen LogP contribution in [0, 0.1) is 11.3 Å². The van der Waals surface area contributed by atoms with Gasteiger partial charge >= 0.3 is 0 Å². The Balaban J connectivity index is 2.49. The Hall–Kier alpha value is -1.37. The molecular weight excluding hydrogens is 212 g/mol. The fraction of sp³-hybridized carbons (Fsp3) is 0.500. The molecule has 1 aromatic carbocycles. The number of rotatable bonds is 7. The standard InChI is InChI=1S/C14H20N2O/c1-3-5-14(11-17-2)16-10-13-7-4-6-12(8-13)9-15/h4,6-8,14,16H,3,5,10-11H2,1-2H3. The summed E-state index contributed by atoms with van der Waals surface area (Å²) in [4.78, 5) is 0. The van der Waals surface area contributed by atoms with Crippen LogP contribution in [0.15, 0.2) is 24.3 Å². The molecule has 3 heteroatoms. The molecule has 1 rings (SSSR count). The van der Waals surface area contributed by atoms with E-state index in [1.54, 1.807) is 7.11 Å². The minimum absolute atomic E-state index is 0.385. The normalized spacial score (nSPS) is 12.1. The lowest BCUT2D eigenvalue weighted by Crippen LogP contribution is -2.32. The van der Waals surface area contributed by atoms with Gasteiger partial charge < -0.3 is 10.1 Å². The van der Waals surface area contributed by atoms with Crippen molar-refractivity contribution >= 4 is 0 Å². The largest absolute Gasteiger partial charge is 0.383 e. The number of benzene rings is 1. The third-order valence-electron chi connectivity index (χ3n) is 2.66. The molecule has 0 aromatic heterocycles. The van der Waals surface area contributed by atoms with E-state index in [1.165, 1.54) is 0 Å². The van der Waals surface area contributed by atoms with Gasteiger partial charge in [-0.3, -0.25) is 0 Å². The summed E-state index contributed by atoms with van der Waals surface area (Å²) in [5, 5.41) is 12.3. The lowest BCUT2D eigenvalue weighted by atomic mass is 10.1. The number of nitriles is 1. The van der Waals surface area contributed by atoms with E-state index >= 15 is 0 Å². The maximum Gasteiger partial charge on any atom is 0.0991 e. The average molecular weight is 232 g/mol. The predicted molar refractivity (Wildman–Crippen MR) is 68.6 cm³/mol. The van der Waals surface area contributed by atoms with Gasteiger partial charge in [0.25, 0.3) is 0 Å². The lowest BCUT2D eigenvalue weighted by Gasteiger charge is -2.17. The average Bonchev–Trinajstić information content (AvgIpc) is 2.37. The Morgan fingerprint density at radius 3 is 2.94 bits per heavy atom. The lowest BCUT2D eigenvalue weighted by molar-refractivity contribution is 0.161. The van der Waals surface area contributed by atoms with Crippen molar-refractivity contribution in [2.24, 2.45) is 0 Å². The molecule has 92 valence electrons. The van der Waals surface area contributed by atoms with Crippen LogP contribution in [0.25, 0.3) is 0 Å². The van der Waals surface area contributed by atoms with Crippen LogP contribution in [0.5, 0.6) is 0 Å². The summed E-state index contributed by atoms with van der Waals surface area (Å²) in [6.07, 6.45) is 2.24. The zero-order valence-electron chi connectivity index (χ0n) is 10.6. The summed E-state index contributed by atoms with van der Waals surface area (Å²) in [5.74, 6) is 0. The van der Waals surface area contributed by atoms with Gasteiger partial charge in [-0.2, -0.15) is 5.26 Å². The predicted octanol–water partition coefficient (Wildman–Crippen LogP) is 2.46. The van der Waals surface area contributed by atoms with Gasteiger partial charge in [0.2, 0.25) is 0 Å². The Labute approximate surface area is 103 Å². The van der Waals surface area contributed by atoms with Crippen molar-refractivity contribution in [1.82, 2.24) is 5.32 Å². The molecule has 0 radical (unpaired) electrons. The molecule has 0 aliphatic rings. The topological polar surface area (TPSA) is 45.0 Å². The monoisotopic (exact) mass is 232 g/mol. The summed E-state index contributed by atoms with van der Waals surface area (Å²) in [5.41, 5.74) is 1.85. The van der Waals surface area contributed by atoms with Gasteiger partial charge in [-0.1, -0.05) is 25.5 Å². The summed E-state index contributed by atoms with van der Waals surface area (Å²) < 4.78 is 5.18. The van der Waals surface area contributed by atoms with Crippen molar-refractivity contribution in [1.29, 1.82) is 5.26 Å². The van der Waals surface area contributed by atoms with Gasteiger partial charge in [-0.25, -0.2) is 0 Å². The molecule has 0 aliphatic carbocycles. The van der Waals surface area contributed by atoms with Crippen LogP contribution in [-0.4, -0.2) is 19.8 Å². The number of hydrogen-bond donors (Lipinski definition) is 1. The number of methoxy groups -OCH3 is 1. The first kappa shape index (κ1) is 13.7. The first-order valence-corrected chi connectivity index (χ1v) is 6.01. The van der Waals surface area contributed by atoms with Crippen LogP contribution < -0.4 is 5.32 Å². The highest BCUT2D eigenvalue weighted by Crippen LogP contribution is 2.05. The van der Waals surface area contributed by atoms with E-state index in [-0.39, 0.29) is 0 Å². The van der Waals surface area contributed by atoms with Crippen molar-refractivity contribution in [2.45, 2.75) is 32.4 Å². The molecule has 0 heterocycles. The molecule has 0 fully saturated rings. The number of nitrogens with zero attached hydrogens (tertiary/aromatic N) is 1. The summed E-state index contributed by atoms with van der Waals surface area (Å²) in [6, 6.07) is 10.2. The van der Waals surface area contributed by atoms with Crippen LogP contribution in [0.4, 0.5) is 0 Å². The minimum atomic E-state index is 0.385. The van der Waals surface area contributed by atoms with Crippen LogP contribution in [0.3, 0.4) is 0 Å². The third kappa shape index (κ3) is 4.99. The molecule has 0 saturated heterocycles. The van der Waals surface area contributed by atoms with E-state index in [1.807, 2.05) is 24.3 Å². The molecule has 0 saturated carbocycles. The fourth-order valence-electron chi connectivity index (χ4n) is 1.81. The van der Waals surface area contributed by atoms with Gasteiger partial charge in [0.15, 0.2) is 0 Å². The van der Waals surface area contributed by atoms with Crippen molar-refractivity contribution in [3.8, 4) is 6.07 Å². The van der Waals surface area contributed by atoms with Gasteiger partial charge in [-0.15, -0.1) is 0 Å². The van der Waals surface area contributed by atoms with Crippen LogP contribution in [-0.2, 0) is 11.3 Å². The Morgan fingerprint density at radius 2 is 2.29 bits per heavy atom. The van der Waals surface area contributed by atoms with Crippen molar-refractivity contribution in [3.63, 3.8) is 0 Å². The Morgan fingerprint density at radius 1 is 1.47 bits per heavy atom. The Bertz CT molecular complexity index is 365. The molecule has 3 nitrogen and oxygen atoms in total. The quantitative estimate of drug-likeness (QED) is 0.785. The fourth-order valence-corrected chi connectivity index (χ4v) is 1.81. The first-order chi connectivity index (χ1) is 8.30. The SMILES string of the molecule is CCCC(COC)NCc1cccc(C#N)c1. The maximum atomic E-state index is 8.82. The zero-order chi connectivity index (χ0) is 12.5. The second-order valence-electron chi connectivity index (χ2n) is 4.13. The number of ether oxygens (including phenoxy) is 1. The molecule has 1 unspecified atom stereocenters. The highest BCUT2D eigenvalue weighted by atomic mass is 16.5. The highest BCUT2D eigenvalue weighted by Gasteiger charge is 2.06. The third-order valence-corrected chi connectivity index (χ3v) is 2.66. The van der Waals surface area contributed by atoms with Crippen LogP contribution >= 0.6 is 0 Å². The number of nitrogens with one attached hydrogen (secondary N) is 1. The minimum Gasteiger partial charge on any atom is -0.383 e. The van der Waals surface area contributed by atoms with Crippen molar-refractivity contribution in [3.05, 3.63) is 35.4 Å². The van der Waals surface area contributed by atoms with E-state index in [0.29, 0.717) is 11.6 Å². The van der Waals surface area contributed by atoms with Gasteiger partial charge in [0.05, 0.1) is 18.2 Å². The molecule has 17 heavy (non-hydrogen) atoms. The Kier molecular flexibility index (Phi) is 6.31. The number of hydrogen-bond acceptors (Lipinski definition) is 3. The molecule has 1 atom stereocenters. The summed E-state index contributed by atoms with van der Waals surface area (Å²) >= 11 is 0. The van der Waals surface area contributed by atoms with E-state index < -0.39 is 0 Å². The summed E-state index contributed by atoms with van der Waals surface area (Å²) in [6.45, 7) is 3.68. The molecule has 1 N–H and O–H groups in total. The van der Waals surface area contributed by atoms with E-state index in [2.05, 4.69) is 18.3 Å². The molecular formula is C14H20N2O. The van der Waals surface area contributed by atoms with Crippen molar-refractivity contribution in [2.75, 3.05) is 13.7 Å². The molecule has 1 aromatic rings. The smallest absolute Gasteiger partial charge is 0.0991 e. The van der Waals surface area contributed by atoms with Crippen LogP contribution in [0.2, 0.25) is 0 Å². The molecule has 0 spiro atoms. The van der Waals surface area contributed by atoms with E-state index in [9.17, 15) is 0 Å². The first-order valence-electron chi connectivity index (χ1n) is 6.01. The second kappa shape index (κ2) is 7.83. The summed E-state index contributed by atoms with van der Waals surface area (Å²) in [7, 11) is 1.72. The molecule has 0 aliphatic heterocycles.